The van der Waals surface area contributed by atoms with Crippen LogP contribution in [0.15, 0.2) is 24.3 Å². The molecule has 0 fully saturated rings. The van der Waals surface area contributed by atoms with Crippen molar-refractivity contribution in [1.82, 2.24) is 4.90 Å². The van der Waals surface area contributed by atoms with Crippen molar-refractivity contribution in [3.63, 3.8) is 0 Å². The molecule has 0 saturated heterocycles. The third-order valence-corrected chi connectivity index (χ3v) is 2.45. The lowest BCUT2D eigenvalue weighted by Crippen LogP contribution is -2.32. The van der Waals surface area contributed by atoms with E-state index in [-0.39, 0.29) is 11.3 Å². The Bertz CT molecular complexity index is 486. The van der Waals surface area contributed by atoms with Gasteiger partial charge in [-0.15, -0.1) is 0 Å². The van der Waals surface area contributed by atoms with Crippen LogP contribution in [0.4, 0.5) is 14.5 Å². The van der Waals surface area contributed by atoms with Gasteiger partial charge in [0.05, 0.1) is 11.3 Å². The summed E-state index contributed by atoms with van der Waals surface area (Å²) in [6, 6.07) is 1.64. The highest BCUT2D eigenvalue weighted by molar-refractivity contribution is 5.95. The molecule has 0 spiro atoms. The Balaban J connectivity index is 3.09. The average Bonchev–Trinajstić information content (AvgIpc) is 2.29. The molecule has 0 atom stereocenters. The van der Waals surface area contributed by atoms with Crippen LogP contribution >= 0.6 is 0 Å². The number of likely N-dealkylation sites (N-methyl/N-ethyl adjacent to an activating group) is 1. The molecule has 0 radical (unpaired) electrons. The second-order valence-corrected chi connectivity index (χ2v) is 4.13. The van der Waals surface area contributed by atoms with E-state index in [4.69, 9.17) is 5.73 Å². The van der Waals surface area contributed by atoms with Crippen LogP contribution in [0, 0.1) is 11.6 Å². The third-order valence-electron chi connectivity index (χ3n) is 2.45. The van der Waals surface area contributed by atoms with Gasteiger partial charge < -0.3 is 10.6 Å². The van der Waals surface area contributed by atoms with E-state index in [2.05, 4.69) is 6.58 Å². The number of halogens is 2. The summed E-state index contributed by atoms with van der Waals surface area (Å²) in [4.78, 5) is 13.5. The van der Waals surface area contributed by atoms with Crippen LogP contribution < -0.4 is 5.73 Å². The number of nitrogens with zero attached hydrogens (tertiary/aromatic N) is 1. The molecule has 18 heavy (non-hydrogen) atoms. The van der Waals surface area contributed by atoms with Crippen molar-refractivity contribution in [2.24, 2.45) is 0 Å². The van der Waals surface area contributed by atoms with Crippen molar-refractivity contribution < 1.29 is 13.6 Å². The van der Waals surface area contributed by atoms with Crippen molar-refractivity contribution in [3.8, 4) is 0 Å². The molecule has 0 saturated carbocycles. The number of nitrogen functional groups attached to an aromatic ring is 1. The van der Waals surface area contributed by atoms with Crippen LogP contribution in [0.2, 0.25) is 0 Å². The van der Waals surface area contributed by atoms with Gasteiger partial charge in [-0.1, -0.05) is 12.2 Å². The molecular formula is C13H16F2N2O. The molecule has 1 rings (SSSR count). The highest BCUT2D eigenvalue weighted by Crippen LogP contribution is 2.18. The first-order chi connectivity index (χ1) is 8.36. The molecule has 0 aromatic heterocycles. The van der Waals surface area contributed by atoms with Gasteiger partial charge >= 0.3 is 0 Å². The standard InChI is InChI=1S/C13H16F2N2O/c1-4-17(7-8(2)3)13(18)9-5-12(16)11(15)6-10(9)14/h5-6H,2,4,7,16H2,1,3H3. The number of carbonyl (C=O) groups is 1. The zero-order chi connectivity index (χ0) is 13.9. The molecule has 2 N–H and O–H groups in total. The second kappa shape index (κ2) is 5.62. The molecule has 98 valence electrons. The molecule has 1 aromatic carbocycles. The Morgan fingerprint density at radius 3 is 2.50 bits per heavy atom. The number of amides is 1. The SMILES string of the molecule is C=C(C)CN(CC)C(=O)c1cc(N)c(F)cc1F. The van der Waals surface area contributed by atoms with E-state index in [9.17, 15) is 13.6 Å². The monoisotopic (exact) mass is 254 g/mol. The molecule has 5 heteroatoms. The number of nitrogens with two attached hydrogens (primary N) is 1. The van der Waals surface area contributed by atoms with E-state index < -0.39 is 17.5 Å². The van der Waals surface area contributed by atoms with Gasteiger partial charge in [0.1, 0.15) is 11.6 Å². The Morgan fingerprint density at radius 2 is 2.00 bits per heavy atom. The number of hydrogen-bond donors (Lipinski definition) is 1. The fourth-order valence-corrected chi connectivity index (χ4v) is 1.55. The summed E-state index contributed by atoms with van der Waals surface area (Å²) in [6.07, 6.45) is 0. The highest BCUT2D eigenvalue weighted by atomic mass is 19.1. The molecule has 3 nitrogen and oxygen atoms in total. The van der Waals surface area contributed by atoms with Crippen LogP contribution in [0.1, 0.15) is 24.2 Å². The fourth-order valence-electron chi connectivity index (χ4n) is 1.55. The van der Waals surface area contributed by atoms with Gasteiger partial charge in [-0.25, -0.2) is 8.78 Å². The van der Waals surface area contributed by atoms with E-state index in [1.165, 1.54) is 4.90 Å². The van der Waals surface area contributed by atoms with Crippen LogP contribution in [0.5, 0.6) is 0 Å². The Labute approximate surface area is 105 Å². The number of anilines is 1. The van der Waals surface area contributed by atoms with E-state index in [1.807, 2.05) is 0 Å². The third kappa shape index (κ3) is 3.06. The van der Waals surface area contributed by atoms with Gasteiger partial charge in [0, 0.05) is 19.2 Å². The van der Waals surface area contributed by atoms with Crippen LogP contribution in [0.25, 0.3) is 0 Å². The topological polar surface area (TPSA) is 46.3 Å². The second-order valence-electron chi connectivity index (χ2n) is 4.13. The zero-order valence-electron chi connectivity index (χ0n) is 10.5. The predicted molar refractivity (Wildman–Crippen MR) is 67.2 cm³/mol. The summed E-state index contributed by atoms with van der Waals surface area (Å²) in [5.74, 6) is -2.30. The molecular weight excluding hydrogens is 238 g/mol. The molecule has 0 aliphatic rings. The number of rotatable bonds is 4. The quantitative estimate of drug-likeness (QED) is 0.663. The Morgan fingerprint density at radius 1 is 1.39 bits per heavy atom. The Kier molecular flexibility index (Phi) is 4.42. The van der Waals surface area contributed by atoms with Crippen molar-refractivity contribution >= 4 is 11.6 Å². The average molecular weight is 254 g/mol. The maximum Gasteiger partial charge on any atom is 0.257 e. The Hall–Kier alpha value is -1.91. The lowest BCUT2D eigenvalue weighted by Gasteiger charge is -2.21. The minimum absolute atomic E-state index is 0.225. The fraction of sp³-hybridized carbons (Fsp3) is 0.308. The minimum atomic E-state index is -0.910. The molecule has 0 bridgehead atoms. The van der Waals surface area contributed by atoms with Crippen molar-refractivity contribution in [3.05, 3.63) is 41.5 Å². The van der Waals surface area contributed by atoms with Crippen LogP contribution in [-0.2, 0) is 0 Å². The summed E-state index contributed by atoms with van der Waals surface area (Å²) in [7, 11) is 0. The van der Waals surface area contributed by atoms with Gasteiger partial charge in [0.2, 0.25) is 0 Å². The van der Waals surface area contributed by atoms with Crippen LogP contribution in [0.3, 0.4) is 0 Å². The highest BCUT2D eigenvalue weighted by Gasteiger charge is 2.19. The zero-order valence-corrected chi connectivity index (χ0v) is 10.5. The van der Waals surface area contributed by atoms with E-state index in [0.29, 0.717) is 19.2 Å². The van der Waals surface area contributed by atoms with Crippen molar-refractivity contribution in [2.45, 2.75) is 13.8 Å². The minimum Gasteiger partial charge on any atom is -0.396 e. The number of hydrogen-bond acceptors (Lipinski definition) is 2. The van der Waals surface area contributed by atoms with E-state index in [1.54, 1.807) is 13.8 Å². The number of carbonyl (C=O) groups excluding carboxylic acids is 1. The molecule has 1 amide bonds. The van der Waals surface area contributed by atoms with Gasteiger partial charge in [-0.05, 0) is 19.9 Å². The summed E-state index contributed by atoms with van der Waals surface area (Å²) in [5.41, 5.74) is 5.65. The lowest BCUT2D eigenvalue weighted by molar-refractivity contribution is 0.0773. The van der Waals surface area contributed by atoms with E-state index >= 15 is 0 Å². The first-order valence-corrected chi connectivity index (χ1v) is 5.55. The van der Waals surface area contributed by atoms with Gasteiger partial charge in [0.15, 0.2) is 0 Å². The summed E-state index contributed by atoms with van der Waals surface area (Å²) < 4.78 is 26.6. The number of benzene rings is 1. The van der Waals surface area contributed by atoms with Gasteiger partial charge in [0.25, 0.3) is 5.91 Å². The first-order valence-electron chi connectivity index (χ1n) is 5.55. The maximum atomic E-state index is 13.5. The lowest BCUT2D eigenvalue weighted by atomic mass is 10.1. The smallest absolute Gasteiger partial charge is 0.257 e. The molecule has 0 heterocycles. The molecule has 0 aliphatic heterocycles. The molecule has 1 aromatic rings. The van der Waals surface area contributed by atoms with Gasteiger partial charge in [-0.2, -0.15) is 0 Å². The predicted octanol–water partition coefficient (Wildman–Crippen LogP) is 2.59. The maximum absolute atomic E-state index is 13.5. The largest absolute Gasteiger partial charge is 0.396 e. The van der Waals surface area contributed by atoms with Crippen molar-refractivity contribution in [1.29, 1.82) is 0 Å². The van der Waals surface area contributed by atoms with Crippen molar-refractivity contribution in [2.75, 3.05) is 18.8 Å². The molecule has 0 aliphatic carbocycles. The normalized spacial score (nSPS) is 10.2. The van der Waals surface area contributed by atoms with Gasteiger partial charge in [-0.3, -0.25) is 4.79 Å². The summed E-state index contributed by atoms with van der Waals surface area (Å²) in [5, 5.41) is 0. The van der Waals surface area contributed by atoms with Crippen LogP contribution in [-0.4, -0.2) is 23.9 Å². The summed E-state index contributed by atoms with van der Waals surface area (Å²) >= 11 is 0. The summed E-state index contributed by atoms with van der Waals surface area (Å²) in [6.45, 7) is 7.97. The van der Waals surface area contributed by atoms with E-state index in [0.717, 1.165) is 11.6 Å². The molecule has 0 unspecified atom stereocenters. The first kappa shape index (κ1) is 14.2.